The van der Waals surface area contributed by atoms with Crippen LogP contribution in [-0.4, -0.2) is 90.6 Å². The average Bonchev–Trinajstić information content (AvgIpc) is 3.35. The summed E-state index contributed by atoms with van der Waals surface area (Å²) in [6.45, 7) is 1.42. The molecule has 0 spiro atoms. The molecule has 3 aliphatic heterocycles. The topological polar surface area (TPSA) is 108 Å². The molecule has 1 unspecified atom stereocenters. The molecule has 3 saturated heterocycles. The van der Waals surface area contributed by atoms with E-state index >= 15 is 0 Å². The summed E-state index contributed by atoms with van der Waals surface area (Å²) in [6, 6.07) is 7.21. The number of carbonyl (C=O) groups is 5. The number of piperazine rings is 1. The zero-order chi connectivity index (χ0) is 22.8. The van der Waals surface area contributed by atoms with Gasteiger partial charge in [0, 0.05) is 52.0 Å². The van der Waals surface area contributed by atoms with Crippen molar-refractivity contribution < 1.29 is 28.7 Å². The lowest BCUT2D eigenvalue weighted by Gasteiger charge is -2.36. The summed E-state index contributed by atoms with van der Waals surface area (Å²) in [5, 5.41) is 0. The second-order valence-electron chi connectivity index (χ2n) is 8.16. The minimum absolute atomic E-state index is 0.104. The zero-order valence-corrected chi connectivity index (χ0v) is 18.0. The Kier molecular flexibility index (Phi) is 6.11. The first-order chi connectivity index (χ1) is 15.4. The number of nitrogens with zero attached hydrogens (tertiary/aromatic N) is 4. The van der Waals surface area contributed by atoms with Gasteiger partial charge in [-0.25, -0.2) is 0 Å². The van der Waals surface area contributed by atoms with Crippen LogP contribution in [0.5, 0.6) is 5.75 Å². The maximum atomic E-state index is 13.0. The lowest BCUT2D eigenvalue weighted by atomic mass is 10.1. The highest BCUT2D eigenvalue weighted by Crippen LogP contribution is 2.33. The molecular weight excluding hydrogens is 416 g/mol. The smallest absolute Gasteiger partial charge is 0.242 e. The van der Waals surface area contributed by atoms with Gasteiger partial charge in [0.25, 0.3) is 0 Å². The van der Waals surface area contributed by atoms with E-state index in [4.69, 9.17) is 4.74 Å². The van der Waals surface area contributed by atoms with E-state index in [0.29, 0.717) is 37.6 Å². The molecule has 1 atom stereocenters. The van der Waals surface area contributed by atoms with Crippen molar-refractivity contribution in [3.8, 4) is 5.75 Å². The van der Waals surface area contributed by atoms with Crippen LogP contribution in [0.4, 0.5) is 5.69 Å². The second-order valence-corrected chi connectivity index (χ2v) is 8.16. The number of ether oxygens (including phenoxy) is 1. The van der Waals surface area contributed by atoms with E-state index in [2.05, 4.69) is 0 Å². The van der Waals surface area contributed by atoms with Crippen LogP contribution in [0, 0.1) is 5.92 Å². The van der Waals surface area contributed by atoms with Crippen molar-refractivity contribution in [2.75, 3.05) is 51.3 Å². The number of benzene rings is 1. The van der Waals surface area contributed by atoms with Crippen LogP contribution in [0.15, 0.2) is 24.3 Å². The van der Waals surface area contributed by atoms with E-state index in [9.17, 15) is 24.0 Å². The third kappa shape index (κ3) is 4.17. The molecule has 170 valence electrons. The highest BCUT2D eigenvalue weighted by Gasteiger charge is 2.39. The molecule has 1 aromatic rings. The highest BCUT2D eigenvalue weighted by atomic mass is 16.5. The summed E-state index contributed by atoms with van der Waals surface area (Å²) in [5.74, 6) is -1.02. The van der Waals surface area contributed by atoms with E-state index < -0.39 is 5.92 Å². The maximum Gasteiger partial charge on any atom is 0.242 e. The Morgan fingerprint density at radius 3 is 2.22 bits per heavy atom. The average molecular weight is 442 g/mol. The molecular formula is C22H26N4O6. The van der Waals surface area contributed by atoms with Gasteiger partial charge in [0.15, 0.2) is 0 Å². The number of anilines is 1. The summed E-state index contributed by atoms with van der Waals surface area (Å²) in [7, 11) is 1.54. The normalized spacial score (nSPS) is 21.5. The molecule has 0 radical (unpaired) electrons. The molecule has 10 heteroatoms. The number of carbonyl (C=O) groups excluding carboxylic acids is 5. The number of methoxy groups -OCH3 is 1. The van der Waals surface area contributed by atoms with Gasteiger partial charge in [-0.2, -0.15) is 0 Å². The number of hydrogen-bond acceptors (Lipinski definition) is 6. The fourth-order valence-corrected chi connectivity index (χ4v) is 4.43. The molecule has 0 aromatic heterocycles. The number of amides is 5. The van der Waals surface area contributed by atoms with Crippen LogP contribution in [-0.2, 0) is 24.0 Å². The minimum atomic E-state index is -0.450. The molecule has 32 heavy (non-hydrogen) atoms. The predicted octanol–water partition coefficient (Wildman–Crippen LogP) is -0.132. The summed E-state index contributed by atoms with van der Waals surface area (Å²) in [6.07, 6.45) is 0.440. The molecule has 3 fully saturated rings. The first-order valence-corrected chi connectivity index (χ1v) is 10.7. The van der Waals surface area contributed by atoms with Crippen LogP contribution in [0.25, 0.3) is 0 Å². The lowest BCUT2D eigenvalue weighted by Crippen LogP contribution is -2.54. The third-order valence-corrected chi connectivity index (χ3v) is 6.24. The van der Waals surface area contributed by atoms with E-state index in [0.717, 1.165) is 4.90 Å². The van der Waals surface area contributed by atoms with Crippen LogP contribution in [0.3, 0.4) is 0 Å². The zero-order valence-electron chi connectivity index (χ0n) is 18.0. The number of hydrogen-bond donors (Lipinski definition) is 0. The predicted molar refractivity (Wildman–Crippen MR) is 113 cm³/mol. The Labute approximate surface area is 185 Å². The molecule has 5 amide bonds. The summed E-state index contributed by atoms with van der Waals surface area (Å²) < 4.78 is 5.34. The van der Waals surface area contributed by atoms with Crippen molar-refractivity contribution in [3.05, 3.63) is 24.3 Å². The quantitative estimate of drug-likeness (QED) is 0.588. The third-order valence-electron chi connectivity index (χ3n) is 6.24. The molecule has 3 heterocycles. The number of rotatable bonds is 5. The van der Waals surface area contributed by atoms with E-state index in [-0.39, 0.29) is 61.9 Å². The highest BCUT2D eigenvalue weighted by molar-refractivity contribution is 6.04. The number of imide groups is 1. The van der Waals surface area contributed by atoms with Gasteiger partial charge in [0.05, 0.1) is 18.7 Å². The van der Waals surface area contributed by atoms with Gasteiger partial charge in [-0.05, 0) is 12.1 Å². The minimum Gasteiger partial charge on any atom is -0.495 e. The molecule has 0 aliphatic carbocycles. The Hall–Kier alpha value is -3.43. The standard InChI is InChI=1S/C22H26N4O6/c1-32-17-5-3-2-4-16(17)25-13-15(12-20(25)29)22(31)24-10-8-23(9-11-24)21(30)14-26-18(27)6-7-19(26)28/h2-5,15H,6-14H2,1H3. The van der Waals surface area contributed by atoms with E-state index in [1.807, 2.05) is 12.1 Å². The Morgan fingerprint density at radius 1 is 0.938 bits per heavy atom. The molecule has 4 rings (SSSR count). The number of para-hydroxylation sites is 2. The molecule has 0 N–H and O–H groups in total. The summed E-state index contributed by atoms with van der Waals surface area (Å²) >= 11 is 0. The second kappa shape index (κ2) is 8.97. The van der Waals surface area contributed by atoms with Crippen molar-refractivity contribution in [2.45, 2.75) is 19.3 Å². The maximum absolute atomic E-state index is 13.0. The van der Waals surface area contributed by atoms with Gasteiger partial charge >= 0.3 is 0 Å². The number of likely N-dealkylation sites (tertiary alicyclic amines) is 1. The van der Waals surface area contributed by atoms with Crippen LogP contribution in [0.1, 0.15) is 19.3 Å². The molecule has 3 aliphatic rings. The summed E-state index contributed by atoms with van der Waals surface area (Å²) in [4.78, 5) is 67.4. The van der Waals surface area contributed by atoms with E-state index in [1.165, 1.54) is 0 Å². The Bertz CT molecular complexity index is 939. The van der Waals surface area contributed by atoms with Crippen molar-refractivity contribution in [1.29, 1.82) is 0 Å². The largest absolute Gasteiger partial charge is 0.495 e. The van der Waals surface area contributed by atoms with E-state index in [1.54, 1.807) is 33.9 Å². The lowest BCUT2D eigenvalue weighted by molar-refractivity contribution is -0.147. The van der Waals surface area contributed by atoms with Crippen LogP contribution >= 0.6 is 0 Å². The SMILES string of the molecule is COc1ccccc1N1CC(C(=O)N2CCN(C(=O)CN3C(=O)CCC3=O)CC2)CC1=O. The molecule has 1 aromatic carbocycles. The Balaban J connectivity index is 1.32. The molecule has 10 nitrogen and oxygen atoms in total. The molecule has 0 bridgehead atoms. The first-order valence-electron chi connectivity index (χ1n) is 10.7. The van der Waals surface area contributed by atoms with Crippen LogP contribution < -0.4 is 9.64 Å². The fourth-order valence-electron chi connectivity index (χ4n) is 4.43. The van der Waals surface area contributed by atoms with Crippen molar-refractivity contribution in [1.82, 2.24) is 14.7 Å². The van der Waals surface area contributed by atoms with Crippen molar-refractivity contribution >= 4 is 35.2 Å². The van der Waals surface area contributed by atoms with Crippen LogP contribution in [0.2, 0.25) is 0 Å². The van der Waals surface area contributed by atoms with Gasteiger partial charge in [-0.3, -0.25) is 28.9 Å². The fraction of sp³-hybridized carbons (Fsp3) is 0.500. The van der Waals surface area contributed by atoms with Gasteiger partial charge in [0.1, 0.15) is 12.3 Å². The van der Waals surface area contributed by atoms with Gasteiger partial charge in [-0.15, -0.1) is 0 Å². The summed E-state index contributed by atoms with van der Waals surface area (Å²) in [5.41, 5.74) is 0.650. The monoisotopic (exact) mass is 442 g/mol. The van der Waals surface area contributed by atoms with Gasteiger partial charge in [0.2, 0.25) is 29.5 Å². The van der Waals surface area contributed by atoms with Gasteiger partial charge in [-0.1, -0.05) is 12.1 Å². The van der Waals surface area contributed by atoms with Crippen molar-refractivity contribution in [3.63, 3.8) is 0 Å². The van der Waals surface area contributed by atoms with Gasteiger partial charge < -0.3 is 19.4 Å². The van der Waals surface area contributed by atoms with Crippen molar-refractivity contribution in [2.24, 2.45) is 5.92 Å². The molecule has 0 saturated carbocycles. The first kappa shape index (κ1) is 21.8. The Morgan fingerprint density at radius 2 is 1.56 bits per heavy atom.